The number of ketones is 1. The quantitative estimate of drug-likeness (QED) is 0.689. The van der Waals surface area contributed by atoms with Crippen LogP contribution in [0.25, 0.3) is 0 Å². The van der Waals surface area contributed by atoms with Crippen molar-refractivity contribution in [3.63, 3.8) is 0 Å². The van der Waals surface area contributed by atoms with E-state index in [4.69, 9.17) is 14.3 Å². The maximum absolute atomic E-state index is 14.2. The molecule has 1 spiro atoms. The highest BCUT2D eigenvalue weighted by atomic mass is 16.7. The summed E-state index contributed by atoms with van der Waals surface area (Å²) in [7, 11) is 2.92. The minimum absolute atomic E-state index is 0.166. The van der Waals surface area contributed by atoms with Crippen LogP contribution in [0.2, 0.25) is 0 Å². The molecule has 2 fully saturated rings. The Morgan fingerprint density at radius 2 is 1.94 bits per heavy atom. The number of piperidine rings is 1. The molecule has 4 rings (SSSR count). The predicted molar refractivity (Wildman–Crippen MR) is 113 cm³/mol. The minimum atomic E-state index is -1.52. The predicted octanol–water partition coefficient (Wildman–Crippen LogP) is 2.72. The standard InChI is InChI=1S/C23H27N3O6/c1-21(2,3)32-20(29)25-16-8-7-13(30-5)11-14(16)23(19(25)28)15(12-24)18-17(27)9-10-22(23,4)26(18)31-6/h7-8,11,15,18H,9-10H2,1-6H3/t15-,18+,22+,23-/m1/s1. The molecule has 2 bridgehead atoms. The number of hydrogen-bond acceptors (Lipinski definition) is 8. The number of carbonyl (C=O) groups excluding carboxylic acids is 3. The van der Waals surface area contributed by atoms with Crippen molar-refractivity contribution < 1.29 is 28.7 Å². The van der Waals surface area contributed by atoms with Crippen LogP contribution >= 0.6 is 0 Å². The summed E-state index contributed by atoms with van der Waals surface area (Å²) in [4.78, 5) is 46.9. The van der Waals surface area contributed by atoms with E-state index in [0.29, 0.717) is 23.4 Å². The van der Waals surface area contributed by atoms with E-state index >= 15 is 0 Å². The molecule has 1 aromatic carbocycles. The summed E-state index contributed by atoms with van der Waals surface area (Å²) in [6.07, 6.45) is -0.332. The van der Waals surface area contributed by atoms with E-state index in [1.807, 2.05) is 6.92 Å². The third-order valence-corrected chi connectivity index (χ3v) is 6.88. The van der Waals surface area contributed by atoms with Crippen molar-refractivity contribution in [2.24, 2.45) is 5.92 Å². The number of hydrogen-bond donors (Lipinski definition) is 0. The lowest BCUT2D eigenvalue weighted by atomic mass is 9.61. The van der Waals surface area contributed by atoms with Crippen molar-refractivity contribution in [3.05, 3.63) is 23.8 Å². The number of fused-ring (bicyclic) bond motifs is 5. The summed E-state index contributed by atoms with van der Waals surface area (Å²) in [6, 6.07) is 6.23. The van der Waals surface area contributed by atoms with Gasteiger partial charge >= 0.3 is 6.09 Å². The smallest absolute Gasteiger partial charge is 0.421 e. The van der Waals surface area contributed by atoms with Crippen LogP contribution in [0.3, 0.4) is 0 Å². The molecule has 2 amide bonds. The molecule has 0 aliphatic carbocycles. The average Bonchev–Trinajstić information content (AvgIpc) is 3.08. The van der Waals surface area contributed by atoms with Gasteiger partial charge in [0.05, 0.1) is 37.4 Å². The zero-order valence-electron chi connectivity index (χ0n) is 19.1. The molecule has 0 aromatic heterocycles. The first-order valence-corrected chi connectivity index (χ1v) is 10.5. The molecule has 3 heterocycles. The fourth-order valence-corrected chi connectivity index (χ4v) is 5.67. The second kappa shape index (κ2) is 7.02. The molecular formula is C23H27N3O6. The molecule has 4 atom stereocenters. The van der Waals surface area contributed by atoms with Crippen LogP contribution in [0, 0.1) is 17.2 Å². The minimum Gasteiger partial charge on any atom is -0.497 e. The van der Waals surface area contributed by atoms with Crippen molar-refractivity contribution in [3.8, 4) is 11.8 Å². The van der Waals surface area contributed by atoms with Gasteiger partial charge in [-0.3, -0.25) is 9.59 Å². The van der Waals surface area contributed by atoms with Gasteiger partial charge in [0.25, 0.3) is 5.91 Å². The summed E-state index contributed by atoms with van der Waals surface area (Å²) < 4.78 is 10.9. The first-order valence-electron chi connectivity index (χ1n) is 10.5. The van der Waals surface area contributed by atoms with Crippen molar-refractivity contribution >= 4 is 23.5 Å². The Bertz CT molecular complexity index is 1060. The van der Waals surface area contributed by atoms with Crippen LogP contribution in [-0.4, -0.2) is 54.2 Å². The van der Waals surface area contributed by atoms with Gasteiger partial charge in [0.15, 0.2) is 5.78 Å². The lowest BCUT2D eigenvalue weighted by molar-refractivity contribution is -0.219. The first kappa shape index (κ1) is 22.2. The number of ether oxygens (including phenoxy) is 2. The van der Waals surface area contributed by atoms with Gasteiger partial charge in [0.2, 0.25) is 0 Å². The number of methoxy groups -OCH3 is 1. The van der Waals surface area contributed by atoms with E-state index in [9.17, 15) is 19.6 Å². The maximum Gasteiger partial charge on any atom is 0.421 e. The third-order valence-electron chi connectivity index (χ3n) is 6.88. The van der Waals surface area contributed by atoms with E-state index < -0.39 is 40.5 Å². The normalized spacial score (nSPS) is 31.6. The Kier molecular flexibility index (Phi) is 4.88. The monoisotopic (exact) mass is 441 g/mol. The topological polar surface area (TPSA) is 109 Å². The molecule has 0 radical (unpaired) electrons. The maximum atomic E-state index is 14.2. The number of rotatable bonds is 2. The summed E-state index contributed by atoms with van der Waals surface area (Å²) in [5, 5.41) is 11.7. The van der Waals surface area contributed by atoms with Gasteiger partial charge in [-0.1, -0.05) is 0 Å². The Morgan fingerprint density at radius 1 is 1.25 bits per heavy atom. The lowest BCUT2D eigenvalue weighted by Gasteiger charge is -2.45. The fraction of sp³-hybridized carbons (Fsp3) is 0.565. The Balaban J connectivity index is 2.02. The van der Waals surface area contributed by atoms with Gasteiger partial charge in [-0.25, -0.2) is 9.69 Å². The molecular weight excluding hydrogens is 414 g/mol. The van der Waals surface area contributed by atoms with E-state index in [1.54, 1.807) is 39.0 Å². The number of hydroxylamine groups is 2. The zero-order chi connectivity index (χ0) is 23.6. The number of amides is 2. The van der Waals surface area contributed by atoms with Crippen LogP contribution in [0.15, 0.2) is 18.2 Å². The van der Waals surface area contributed by atoms with E-state index in [-0.39, 0.29) is 12.2 Å². The van der Waals surface area contributed by atoms with Crippen molar-refractivity contribution in [2.45, 2.75) is 63.1 Å². The number of nitrogens with zero attached hydrogens (tertiary/aromatic N) is 3. The lowest BCUT2D eigenvalue weighted by Crippen LogP contribution is -2.61. The van der Waals surface area contributed by atoms with Crippen LogP contribution in [-0.2, 0) is 24.6 Å². The number of imide groups is 1. The Labute approximate surface area is 186 Å². The molecule has 3 aliphatic heterocycles. The van der Waals surface area contributed by atoms with Crippen LogP contribution in [0.5, 0.6) is 5.75 Å². The van der Waals surface area contributed by atoms with Crippen molar-refractivity contribution in [2.75, 3.05) is 19.1 Å². The van der Waals surface area contributed by atoms with Crippen LogP contribution < -0.4 is 9.64 Å². The first-order chi connectivity index (χ1) is 15.0. The molecule has 9 heteroatoms. The van der Waals surface area contributed by atoms with Crippen LogP contribution in [0.4, 0.5) is 10.5 Å². The van der Waals surface area contributed by atoms with E-state index in [2.05, 4.69) is 6.07 Å². The van der Waals surface area contributed by atoms with E-state index in [0.717, 1.165) is 4.90 Å². The van der Waals surface area contributed by atoms with Gasteiger partial charge in [-0.05, 0) is 57.9 Å². The largest absolute Gasteiger partial charge is 0.497 e. The number of benzene rings is 1. The molecule has 9 nitrogen and oxygen atoms in total. The summed E-state index contributed by atoms with van der Waals surface area (Å²) >= 11 is 0. The highest BCUT2D eigenvalue weighted by Crippen LogP contribution is 2.64. The second-order valence-electron chi connectivity index (χ2n) is 9.61. The van der Waals surface area contributed by atoms with Gasteiger partial charge in [0.1, 0.15) is 22.8 Å². The highest BCUT2D eigenvalue weighted by molar-refractivity contribution is 6.23. The highest BCUT2D eigenvalue weighted by Gasteiger charge is 2.78. The molecule has 0 N–H and O–H groups in total. The second-order valence-corrected chi connectivity index (χ2v) is 9.61. The van der Waals surface area contributed by atoms with Gasteiger partial charge < -0.3 is 14.3 Å². The van der Waals surface area contributed by atoms with Crippen LogP contribution in [0.1, 0.15) is 46.1 Å². The number of Topliss-reactive ketones (excluding diaryl/α,β-unsaturated/α-hetero) is 1. The Hall–Kier alpha value is -2.96. The SMILES string of the molecule is COc1ccc2c(c1)[C@]1(C(=O)N2C(=O)OC(C)(C)C)[C@H](C#N)[C@H]2C(=O)CC[C@]1(C)N2OC. The zero-order valence-corrected chi connectivity index (χ0v) is 19.1. The van der Waals surface area contributed by atoms with Crippen molar-refractivity contribution in [1.82, 2.24) is 5.06 Å². The molecule has 32 heavy (non-hydrogen) atoms. The average molecular weight is 441 g/mol. The molecule has 1 aromatic rings. The molecule has 170 valence electrons. The van der Waals surface area contributed by atoms with Gasteiger partial charge in [-0.15, -0.1) is 0 Å². The molecule has 0 unspecified atom stereocenters. The summed E-state index contributed by atoms with van der Waals surface area (Å²) in [5.41, 5.74) is -2.62. The van der Waals surface area contributed by atoms with E-state index in [1.165, 1.54) is 19.3 Å². The number of nitriles is 1. The number of anilines is 1. The van der Waals surface area contributed by atoms with Gasteiger partial charge in [-0.2, -0.15) is 10.3 Å². The van der Waals surface area contributed by atoms with Crippen molar-refractivity contribution in [1.29, 1.82) is 5.26 Å². The van der Waals surface area contributed by atoms with Gasteiger partial charge in [0, 0.05) is 6.42 Å². The third kappa shape index (κ3) is 2.60. The molecule has 2 saturated heterocycles. The number of carbonyl (C=O) groups is 3. The fourth-order valence-electron chi connectivity index (χ4n) is 5.67. The molecule has 3 aliphatic rings. The Morgan fingerprint density at radius 3 is 2.50 bits per heavy atom. The summed E-state index contributed by atoms with van der Waals surface area (Å²) in [5.74, 6) is -1.35. The molecule has 0 saturated carbocycles. The summed E-state index contributed by atoms with van der Waals surface area (Å²) in [6.45, 7) is 6.95.